The van der Waals surface area contributed by atoms with Gasteiger partial charge in [-0.2, -0.15) is 0 Å². The number of nitrogens with one attached hydrogen (secondary N) is 1. The SMILES string of the molecule is CCOC(=O)c1c[nH]c2c1-c1nc(C)sc1CC2. The molecule has 0 fully saturated rings. The van der Waals surface area contributed by atoms with Crippen LogP contribution in [0.2, 0.25) is 0 Å². The molecule has 0 atom stereocenters. The van der Waals surface area contributed by atoms with Crippen LogP contribution >= 0.6 is 11.3 Å². The molecule has 0 spiro atoms. The van der Waals surface area contributed by atoms with Crippen LogP contribution in [0.15, 0.2) is 6.20 Å². The van der Waals surface area contributed by atoms with Crippen molar-refractivity contribution in [2.24, 2.45) is 0 Å². The molecule has 1 aliphatic carbocycles. The van der Waals surface area contributed by atoms with Crippen molar-refractivity contribution in [3.8, 4) is 11.3 Å². The van der Waals surface area contributed by atoms with E-state index in [-0.39, 0.29) is 5.97 Å². The Morgan fingerprint density at radius 3 is 3.17 bits per heavy atom. The molecule has 2 aromatic rings. The highest BCUT2D eigenvalue weighted by Crippen LogP contribution is 2.38. The summed E-state index contributed by atoms with van der Waals surface area (Å²) >= 11 is 1.71. The molecule has 0 radical (unpaired) electrons. The summed E-state index contributed by atoms with van der Waals surface area (Å²) in [4.78, 5) is 20.9. The van der Waals surface area contributed by atoms with Crippen molar-refractivity contribution in [3.05, 3.63) is 27.3 Å². The van der Waals surface area contributed by atoms with E-state index in [9.17, 15) is 4.79 Å². The Morgan fingerprint density at radius 2 is 2.39 bits per heavy atom. The van der Waals surface area contributed by atoms with Crippen LogP contribution in [0.4, 0.5) is 0 Å². The lowest BCUT2D eigenvalue weighted by Gasteiger charge is -2.12. The predicted octanol–water partition coefficient (Wildman–Crippen LogP) is 2.72. The van der Waals surface area contributed by atoms with Gasteiger partial charge < -0.3 is 9.72 Å². The van der Waals surface area contributed by atoms with Crippen molar-refractivity contribution in [1.29, 1.82) is 0 Å². The number of H-pyrrole nitrogens is 1. The van der Waals surface area contributed by atoms with Gasteiger partial charge in [0.15, 0.2) is 0 Å². The molecule has 0 aliphatic heterocycles. The number of fused-ring (bicyclic) bond motifs is 3. The number of hydrogen-bond donors (Lipinski definition) is 1. The summed E-state index contributed by atoms with van der Waals surface area (Å²) in [5.74, 6) is -0.270. The van der Waals surface area contributed by atoms with Gasteiger partial charge in [0, 0.05) is 22.3 Å². The minimum Gasteiger partial charge on any atom is -0.462 e. The summed E-state index contributed by atoms with van der Waals surface area (Å²) in [6.45, 7) is 4.20. The fourth-order valence-corrected chi connectivity index (χ4v) is 3.32. The van der Waals surface area contributed by atoms with Crippen LogP contribution in [0.25, 0.3) is 11.3 Å². The Hall–Kier alpha value is -1.62. The number of rotatable bonds is 2. The molecule has 0 aromatic carbocycles. The highest BCUT2D eigenvalue weighted by molar-refractivity contribution is 7.12. The zero-order chi connectivity index (χ0) is 12.7. The molecule has 18 heavy (non-hydrogen) atoms. The number of aromatic amines is 1. The molecular weight excluding hydrogens is 248 g/mol. The van der Waals surface area contributed by atoms with Crippen molar-refractivity contribution in [1.82, 2.24) is 9.97 Å². The monoisotopic (exact) mass is 262 g/mol. The summed E-state index contributed by atoms with van der Waals surface area (Å²) in [5, 5.41) is 1.05. The number of aromatic nitrogens is 2. The molecule has 1 N–H and O–H groups in total. The van der Waals surface area contributed by atoms with Crippen LogP contribution in [0, 0.1) is 6.92 Å². The zero-order valence-electron chi connectivity index (χ0n) is 10.4. The molecule has 3 rings (SSSR count). The zero-order valence-corrected chi connectivity index (χ0v) is 11.2. The van der Waals surface area contributed by atoms with Crippen molar-refractivity contribution in [2.45, 2.75) is 26.7 Å². The molecule has 2 aromatic heterocycles. The minimum atomic E-state index is -0.270. The van der Waals surface area contributed by atoms with E-state index < -0.39 is 0 Å². The average Bonchev–Trinajstić information content (AvgIpc) is 2.90. The Morgan fingerprint density at radius 1 is 1.56 bits per heavy atom. The Labute approximate surface area is 109 Å². The largest absolute Gasteiger partial charge is 0.462 e. The summed E-state index contributed by atoms with van der Waals surface area (Å²) in [6, 6.07) is 0. The van der Waals surface area contributed by atoms with Gasteiger partial charge in [0.25, 0.3) is 0 Å². The fourth-order valence-electron chi connectivity index (χ4n) is 2.38. The first kappa shape index (κ1) is 11.5. The van der Waals surface area contributed by atoms with E-state index in [1.54, 1.807) is 17.5 Å². The third-order valence-corrected chi connectivity index (χ3v) is 4.13. The smallest absolute Gasteiger partial charge is 0.340 e. The topological polar surface area (TPSA) is 55.0 Å². The quantitative estimate of drug-likeness (QED) is 0.847. The second kappa shape index (κ2) is 4.24. The van der Waals surface area contributed by atoms with Gasteiger partial charge in [0.05, 0.1) is 22.9 Å². The lowest BCUT2D eigenvalue weighted by atomic mass is 9.97. The maximum absolute atomic E-state index is 11.9. The van der Waals surface area contributed by atoms with Gasteiger partial charge in [0.2, 0.25) is 0 Å². The van der Waals surface area contributed by atoms with Crippen molar-refractivity contribution >= 4 is 17.3 Å². The van der Waals surface area contributed by atoms with Gasteiger partial charge in [-0.25, -0.2) is 9.78 Å². The molecule has 0 amide bonds. The number of nitrogens with zero attached hydrogens (tertiary/aromatic N) is 1. The summed E-state index contributed by atoms with van der Waals surface area (Å²) in [5.41, 5.74) is 3.61. The maximum Gasteiger partial charge on any atom is 0.340 e. The number of aryl methyl sites for hydroxylation is 3. The third-order valence-electron chi connectivity index (χ3n) is 3.10. The molecule has 94 valence electrons. The van der Waals surface area contributed by atoms with Gasteiger partial charge in [0.1, 0.15) is 0 Å². The highest BCUT2D eigenvalue weighted by Gasteiger charge is 2.27. The first-order valence-electron chi connectivity index (χ1n) is 6.04. The van der Waals surface area contributed by atoms with E-state index >= 15 is 0 Å². The van der Waals surface area contributed by atoms with Crippen LogP contribution < -0.4 is 0 Å². The molecule has 4 nitrogen and oxygen atoms in total. The van der Waals surface area contributed by atoms with Gasteiger partial charge in [-0.05, 0) is 26.7 Å². The van der Waals surface area contributed by atoms with Crippen molar-refractivity contribution in [2.75, 3.05) is 6.61 Å². The minimum absolute atomic E-state index is 0.270. The predicted molar refractivity (Wildman–Crippen MR) is 70.0 cm³/mol. The summed E-state index contributed by atoms with van der Waals surface area (Å²) in [6.07, 6.45) is 3.67. The molecule has 0 bridgehead atoms. The molecule has 0 saturated carbocycles. The maximum atomic E-state index is 11.9. The van der Waals surface area contributed by atoms with E-state index in [0.29, 0.717) is 12.2 Å². The number of ether oxygens (including phenoxy) is 1. The van der Waals surface area contributed by atoms with Gasteiger partial charge in [-0.1, -0.05) is 0 Å². The molecule has 0 unspecified atom stereocenters. The van der Waals surface area contributed by atoms with Gasteiger partial charge in [-0.3, -0.25) is 0 Å². The lowest BCUT2D eigenvalue weighted by Crippen LogP contribution is -2.08. The molecule has 1 aliphatic rings. The third kappa shape index (κ3) is 1.66. The van der Waals surface area contributed by atoms with Crippen molar-refractivity contribution in [3.63, 3.8) is 0 Å². The van der Waals surface area contributed by atoms with Crippen LogP contribution in [0.1, 0.15) is 32.9 Å². The second-order valence-corrected chi connectivity index (χ2v) is 5.57. The molecule has 5 heteroatoms. The van der Waals surface area contributed by atoms with E-state index in [4.69, 9.17) is 4.74 Å². The van der Waals surface area contributed by atoms with E-state index in [1.165, 1.54) is 4.88 Å². The number of carbonyl (C=O) groups excluding carboxylic acids is 1. The normalized spacial score (nSPS) is 13.0. The molecule has 0 saturated heterocycles. The lowest BCUT2D eigenvalue weighted by molar-refractivity contribution is 0.0527. The summed E-state index contributed by atoms with van der Waals surface area (Å²) in [7, 11) is 0. The van der Waals surface area contributed by atoms with Crippen LogP contribution in [0.5, 0.6) is 0 Å². The Bertz CT molecular complexity index is 613. The van der Waals surface area contributed by atoms with Crippen molar-refractivity contribution < 1.29 is 9.53 Å². The molecular formula is C13H14N2O2S. The Balaban J connectivity index is 2.13. The number of esters is 1. The second-order valence-electron chi connectivity index (χ2n) is 4.28. The molecule has 2 heterocycles. The van der Waals surface area contributed by atoms with Gasteiger partial charge >= 0.3 is 5.97 Å². The van der Waals surface area contributed by atoms with Crippen LogP contribution in [-0.4, -0.2) is 22.5 Å². The first-order valence-corrected chi connectivity index (χ1v) is 6.86. The number of carbonyl (C=O) groups is 1. The van der Waals surface area contributed by atoms with Crippen LogP contribution in [-0.2, 0) is 17.6 Å². The van der Waals surface area contributed by atoms with E-state index in [0.717, 1.165) is 34.8 Å². The van der Waals surface area contributed by atoms with E-state index in [2.05, 4.69) is 9.97 Å². The first-order chi connectivity index (χ1) is 8.70. The number of thiazole rings is 1. The van der Waals surface area contributed by atoms with E-state index in [1.807, 2.05) is 13.8 Å². The van der Waals surface area contributed by atoms with Crippen LogP contribution in [0.3, 0.4) is 0 Å². The number of hydrogen-bond acceptors (Lipinski definition) is 4. The van der Waals surface area contributed by atoms with Gasteiger partial charge in [-0.15, -0.1) is 11.3 Å². The average molecular weight is 262 g/mol. The summed E-state index contributed by atoms with van der Waals surface area (Å²) < 4.78 is 5.09. The standard InChI is InChI=1S/C13H14N2O2S/c1-3-17-13(16)8-6-14-9-4-5-10-12(11(8)9)15-7(2)18-10/h6,14H,3-5H2,1-2H3. The Kier molecular flexibility index (Phi) is 2.70. The highest BCUT2D eigenvalue weighted by atomic mass is 32.1. The fraction of sp³-hybridized carbons (Fsp3) is 0.385.